The van der Waals surface area contributed by atoms with Crippen molar-refractivity contribution >= 4 is 0 Å². The van der Waals surface area contributed by atoms with E-state index in [-0.39, 0.29) is 24.3 Å². The van der Waals surface area contributed by atoms with E-state index in [0.29, 0.717) is 0 Å². The summed E-state index contributed by atoms with van der Waals surface area (Å²) in [7, 11) is 0. The molecule has 75 valence electrons. The van der Waals surface area contributed by atoms with Gasteiger partial charge >= 0.3 is 18.6 Å². The Morgan fingerprint density at radius 1 is 1.36 bits per heavy atom. The molecule has 1 rings (SSSR count). The minimum absolute atomic E-state index is 0. The molecule has 1 aromatic heterocycles. The summed E-state index contributed by atoms with van der Waals surface area (Å²) in [5, 5.41) is 0. The van der Waals surface area contributed by atoms with Crippen molar-refractivity contribution in [1.29, 1.82) is 0 Å². The van der Waals surface area contributed by atoms with Gasteiger partial charge in [0.25, 0.3) is 0 Å². The molecule has 2 nitrogen and oxygen atoms in total. The van der Waals surface area contributed by atoms with Crippen LogP contribution in [-0.4, -0.2) is 10.6 Å². The zero-order chi connectivity index (χ0) is 10.1. The van der Waals surface area contributed by atoms with E-state index in [4.69, 9.17) is 4.74 Å². The first-order valence-electron chi connectivity index (χ1n) is 3.81. The predicted molar refractivity (Wildman–Crippen MR) is 43.4 cm³/mol. The number of halogens is 2. The van der Waals surface area contributed by atoms with Crippen LogP contribution in [0.1, 0.15) is 20.8 Å². The van der Waals surface area contributed by atoms with Crippen LogP contribution in [-0.2, 0) is 18.6 Å². The molecule has 14 heavy (non-hydrogen) atoms. The molecule has 0 bridgehead atoms. The van der Waals surface area contributed by atoms with Gasteiger partial charge < -0.3 is 9.13 Å². The molecule has 0 aliphatic heterocycles. The van der Waals surface area contributed by atoms with E-state index in [1.807, 2.05) is 0 Å². The zero-order valence-electron chi connectivity index (χ0n) is 8.14. The van der Waals surface area contributed by atoms with Gasteiger partial charge in [-0.25, -0.2) is 4.39 Å². The SMILES string of the molecule is CC(C)(C)Oc1[c-]c(F)ncc1F.[V+2]. The van der Waals surface area contributed by atoms with Gasteiger partial charge in [0.15, 0.2) is 0 Å². The molecule has 0 N–H and O–H groups in total. The van der Waals surface area contributed by atoms with Gasteiger partial charge in [-0.1, -0.05) is 0 Å². The average Bonchev–Trinajstić information content (AvgIpc) is 1.94. The molecular formula is C9H10F2NOV+. The topological polar surface area (TPSA) is 22.1 Å². The van der Waals surface area contributed by atoms with Crippen LogP contribution in [0.15, 0.2) is 6.20 Å². The summed E-state index contributed by atoms with van der Waals surface area (Å²) in [6, 6.07) is 2.06. The molecule has 5 heteroatoms. The summed E-state index contributed by atoms with van der Waals surface area (Å²) in [6.45, 7) is 5.20. The monoisotopic (exact) mass is 237 g/mol. The molecule has 1 radical (unpaired) electrons. The Bertz CT molecular complexity index is 312. The second-order valence-corrected chi connectivity index (χ2v) is 3.57. The second kappa shape index (κ2) is 4.76. The third-order valence-electron chi connectivity index (χ3n) is 1.13. The van der Waals surface area contributed by atoms with Crippen molar-refractivity contribution < 1.29 is 32.1 Å². The van der Waals surface area contributed by atoms with Crippen molar-refractivity contribution in [2.75, 3.05) is 0 Å². The Hall–Kier alpha value is -0.606. The summed E-state index contributed by atoms with van der Waals surface area (Å²) in [4.78, 5) is 3.09. The molecule has 0 aliphatic rings. The quantitative estimate of drug-likeness (QED) is 0.552. The second-order valence-electron chi connectivity index (χ2n) is 3.57. The van der Waals surface area contributed by atoms with E-state index in [1.54, 1.807) is 20.8 Å². The zero-order valence-corrected chi connectivity index (χ0v) is 9.53. The van der Waals surface area contributed by atoms with E-state index in [1.165, 1.54) is 0 Å². The van der Waals surface area contributed by atoms with E-state index in [0.717, 1.165) is 6.20 Å². The first-order chi connectivity index (χ1) is 5.88. The minimum Gasteiger partial charge on any atom is -0.523 e. The van der Waals surface area contributed by atoms with Gasteiger partial charge in [0.2, 0.25) is 0 Å². The molecule has 0 aromatic carbocycles. The van der Waals surface area contributed by atoms with Gasteiger partial charge in [0, 0.05) is 5.82 Å². The third kappa shape index (κ3) is 4.07. The largest absolute Gasteiger partial charge is 2.00 e. The van der Waals surface area contributed by atoms with Crippen LogP contribution in [0.5, 0.6) is 5.75 Å². The maximum absolute atomic E-state index is 12.9. The molecule has 0 saturated heterocycles. The molecule has 1 heterocycles. The summed E-state index contributed by atoms with van der Waals surface area (Å²) in [6.07, 6.45) is 0.771. The number of hydrogen-bond acceptors (Lipinski definition) is 2. The molecule has 0 amide bonds. The normalized spacial score (nSPS) is 10.6. The van der Waals surface area contributed by atoms with Crippen LogP contribution in [0.3, 0.4) is 0 Å². The molecule has 0 atom stereocenters. The molecular weight excluding hydrogens is 227 g/mol. The molecule has 0 aliphatic carbocycles. The fraction of sp³-hybridized carbons (Fsp3) is 0.444. The van der Waals surface area contributed by atoms with Gasteiger partial charge in [-0.15, -0.1) is 6.07 Å². The van der Waals surface area contributed by atoms with E-state index in [2.05, 4.69) is 11.1 Å². The Kier molecular flexibility index (Phi) is 4.55. The number of ether oxygens (including phenoxy) is 1. The summed E-state index contributed by atoms with van der Waals surface area (Å²) in [5.41, 5.74) is -0.578. The molecule has 0 saturated carbocycles. The number of pyridine rings is 1. The predicted octanol–water partition coefficient (Wildman–Crippen LogP) is 2.33. The van der Waals surface area contributed by atoms with Crippen LogP contribution in [0.4, 0.5) is 8.78 Å². The Labute approximate surface area is 93.6 Å². The Morgan fingerprint density at radius 2 is 1.93 bits per heavy atom. The average molecular weight is 237 g/mol. The summed E-state index contributed by atoms with van der Waals surface area (Å²) < 4.78 is 30.5. The fourth-order valence-corrected chi connectivity index (χ4v) is 0.738. The van der Waals surface area contributed by atoms with E-state index < -0.39 is 17.4 Å². The first kappa shape index (κ1) is 13.4. The van der Waals surface area contributed by atoms with Crippen molar-refractivity contribution in [2.24, 2.45) is 0 Å². The van der Waals surface area contributed by atoms with Crippen molar-refractivity contribution in [1.82, 2.24) is 4.98 Å². The maximum atomic E-state index is 12.9. The summed E-state index contributed by atoms with van der Waals surface area (Å²) in [5.74, 6) is -1.82. The molecule has 0 unspecified atom stereocenters. The van der Waals surface area contributed by atoms with Crippen molar-refractivity contribution in [3.8, 4) is 5.75 Å². The first-order valence-corrected chi connectivity index (χ1v) is 3.81. The van der Waals surface area contributed by atoms with Crippen molar-refractivity contribution in [3.05, 3.63) is 24.0 Å². The number of rotatable bonds is 1. The van der Waals surface area contributed by atoms with Crippen LogP contribution < -0.4 is 4.74 Å². The molecule has 0 spiro atoms. The number of aromatic nitrogens is 1. The van der Waals surface area contributed by atoms with Gasteiger partial charge in [0.1, 0.15) is 5.95 Å². The standard InChI is InChI=1S/C9H10F2NO.V/c1-9(2,3)13-7-4-8(11)12-5-6(7)10;/h5H,1-3H3;/q-1;+2. The van der Waals surface area contributed by atoms with Crippen LogP contribution in [0, 0.1) is 17.8 Å². The van der Waals surface area contributed by atoms with Crippen LogP contribution in [0.2, 0.25) is 0 Å². The molecule has 0 fully saturated rings. The third-order valence-corrected chi connectivity index (χ3v) is 1.13. The minimum atomic E-state index is -0.874. The van der Waals surface area contributed by atoms with Crippen molar-refractivity contribution in [2.45, 2.75) is 26.4 Å². The van der Waals surface area contributed by atoms with Gasteiger partial charge in [0.05, 0.1) is 5.60 Å². The van der Waals surface area contributed by atoms with Gasteiger partial charge in [-0.05, 0) is 32.7 Å². The maximum Gasteiger partial charge on any atom is 2.00 e. The molecule has 1 aromatic rings. The van der Waals surface area contributed by atoms with E-state index >= 15 is 0 Å². The Morgan fingerprint density at radius 3 is 2.43 bits per heavy atom. The number of nitrogens with zero attached hydrogens (tertiary/aromatic N) is 1. The van der Waals surface area contributed by atoms with Gasteiger partial charge in [-0.2, -0.15) is 0 Å². The summed E-state index contributed by atoms with van der Waals surface area (Å²) >= 11 is 0. The smallest absolute Gasteiger partial charge is 0.523 e. The number of hydrogen-bond donors (Lipinski definition) is 0. The van der Waals surface area contributed by atoms with Crippen LogP contribution >= 0.6 is 0 Å². The Balaban J connectivity index is 0.00000169. The van der Waals surface area contributed by atoms with Gasteiger partial charge in [-0.3, -0.25) is 4.98 Å². The fourth-order valence-electron chi connectivity index (χ4n) is 0.738. The van der Waals surface area contributed by atoms with Crippen LogP contribution in [0.25, 0.3) is 0 Å². The van der Waals surface area contributed by atoms with Crippen molar-refractivity contribution in [3.63, 3.8) is 0 Å². The van der Waals surface area contributed by atoms with E-state index in [9.17, 15) is 8.78 Å².